The van der Waals surface area contributed by atoms with Crippen molar-refractivity contribution >= 4 is 15.9 Å². The molecule has 0 spiro atoms. The highest BCUT2D eigenvalue weighted by Gasteiger charge is 2.00. The average molecular weight is 304 g/mol. The lowest BCUT2D eigenvalue weighted by molar-refractivity contribution is 0.689. The third-order valence-corrected chi connectivity index (χ3v) is 3.86. The molecule has 2 heteroatoms. The lowest BCUT2D eigenvalue weighted by Crippen LogP contribution is -2.13. The molecule has 0 aromatic heterocycles. The van der Waals surface area contributed by atoms with Crippen molar-refractivity contribution in [1.29, 1.82) is 0 Å². The third-order valence-electron chi connectivity index (χ3n) is 3.09. The van der Waals surface area contributed by atoms with E-state index < -0.39 is 0 Å². The Bertz CT molecular complexity index is 534. The van der Waals surface area contributed by atoms with Crippen LogP contribution in [0.15, 0.2) is 46.9 Å². The molecule has 0 atom stereocenters. The largest absolute Gasteiger partial charge is 0.309 e. The van der Waals surface area contributed by atoms with Gasteiger partial charge in [-0.1, -0.05) is 57.9 Å². The van der Waals surface area contributed by atoms with Crippen LogP contribution in [0.3, 0.4) is 0 Å². The minimum atomic E-state index is 0.884. The van der Waals surface area contributed by atoms with Crippen LogP contribution in [0.25, 0.3) is 0 Å². The third kappa shape index (κ3) is 3.44. The molecule has 2 aromatic rings. The van der Waals surface area contributed by atoms with Crippen LogP contribution in [-0.2, 0) is 13.1 Å². The smallest absolute Gasteiger partial charge is 0.0220 e. The summed E-state index contributed by atoms with van der Waals surface area (Å²) >= 11 is 3.57. The molecule has 0 amide bonds. The molecule has 18 heavy (non-hydrogen) atoms. The maximum atomic E-state index is 3.57. The van der Waals surface area contributed by atoms with Crippen LogP contribution in [-0.4, -0.2) is 0 Å². The number of hydrogen-bond acceptors (Lipinski definition) is 1. The van der Waals surface area contributed by atoms with Gasteiger partial charge in [0.2, 0.25) is 0 Å². The summed E-state index contributed by atoms with van der Waals surface area (Å²) in [5.74, 6) is 0. The zero-order valence-corrected chi connectivity index (χ0v) is 12.4. The van der Waals surface area contributed by atoms with E-state index in [1.54, 1.807) is 0 Å². The fourth-order valence-electron chi connectivity index (χ4n) is 2.02. The van der Waals surface area contributed by atoms with E-state index in [1.165, 1.54) is 22.3 Å². The summed E-state index contributed by atoms with van der Waals surface area (Å²) in [7, 11) is 0. The predicted octanol–water partition coefficient (Wildman–Crippen LogP) is 4.36. The van der Waals surface area contributed by atoms with E-state index in [-0.39, 0.29) is 0 Å². The summed E-state index contributed by atoms with van der Waals surface area (Å²) in [5, 5.41) is 3.49. The number of aryl methyl sites for hydroxylation is 2. The zero-order valence-electron chi connectivity index (χ0n) is 10.8. The van der Waals surface area contributed by atoms with Gasteiger partial charge in [0.15, 0.2) is 0 Å². The molecule has 2 aromatic carbocycles. The number of nitrogens with one attached hydrogen (secondary N) is 1. The van der Waals surface area contributed by atoms with Crippen LogP contribution in [0, 0.1) is 13.8 Å². The predicted molar refractivity (Wildman–Crippen MR) is 80.6 cm³/mol. The van der Waals surface area contributed by atoms with Gasteiger partial charge < -0.3 is 5.32 Å². The Morgan fingerprint density at radius 2 is 1.67 bits per heavy atom. The summed E-state index contributed by atoms with van der Waals surface area (Å²) in [5.41, 5.74) is 5.34. The number of benzene rings is 2. The van der Waals surface area contributed by atoms with Crippen LogP contribution < -0.4 is 5.32 Å². The molecule has 94 valence electrons. The van der Waals surface area contributed by atoms with E-state index in [0.29, 0.717) is 0 Å². The quantitative estimate of drug-likeness (QED) is 0.885. The molecule has 0 aliphatic heterocycles. The number of rotatable bonds is 4. The van der Waals surface area contributed by atoms with Crippen molar-refractivity contribution in [3.8, 4) is 0 Å². The molecule has 0 fully saturated rings. The molecule has 0 bridgehead atoms. The van der Waals surface area contributed by atoms with Crippen molar-refractivity contribution in [2.45, 2.75) is 26.9 Å². The van der Waals surface area contributed by atoms with Gasteiger partial charge in [-0.05, 0) is 36.6 Å². The highest BCUT2D eigenvalue weighted by Crippen LogP contribution is 2.16. The Labute approximate surface area is 117 Å². The second kappa shape index (κ2) is 6.17. The molecular weight excluding hydrogens is 286 g/mol. The monoisotopic (exact) mass is 303 g/mol. The topological polar surface area (TPSA) is 12.0 Å². The molecule has 0 saturated heterocycles. The van der Waals surface area contributed by atoms with Crippen molar-refractivity contribution < 1.29 is 0 Å². The summed E-state index contributed by atoms with van der Waals surface area (Å²) < 4.78 is 1.16. The Hall–Kier alpha value is -1.12. The zero-order chi connectivity index (χ0) is 13.0. The van der Waals surface area contributed by atoms with Crippen molar-refractivity contribution in [2.24, 2.45) is 0 Å². The molecular formula is C16H18BrN. The second-order valence-corrected chi connectivity index (χ2v) is 5.48. The lowest BCUT2D eigenvalue weighted by Gasteiger charge is -2.09. The van der Waals surface area contributed by atoms with Gasteiger partial charge in [0.25, 0.3) is 0 Å². The molecule has 0 unspecified atom stereocenters. The van der Waals surface area contributed by atoms with Crippen LogP contribution >= 0.6 is 15.9 Å². The molecule has 2 rings (SSSR count). The summed E-state index contributed by atoms with van der Waals surface area (Å²) in [6.07, 6.45) is 0. The first-order chi connectivity index (χ1) is 8.66. The highest BCUT2D eigenvalue weighted by molar-refractivity contribution is 9.10. The first-order valence-corrected chi connectivity index (χ1v) is 6.96. The van der Waals surface area contributed by atoms with Crippen molar-refractivity contribution in [2.75, 3.05) is 0 Å². The van der Waals surface area contributed by atoms with Gasteiger partial charge in [0, 0.05) is 17.6 Å². The molecule has 0 heterocycles. The van der Waals surface area contributed by atoms with Crippen LogP contribution in [0.2, 0.25) is 0 Å². The minimum Gasteiger partial charge on any atom is -0.309 e. The number of halogens is 1. The molecule has 0 radical (unpaired) electrons. The maximum absolute atomic E-state index is 3.57. The molecule has 0 aliphatic carbocycles. The summed E-state index contributed by atoms with van der Waals surface area (Å²) in [6.45, 7) is 6.09. The van der Waals surface area contributed by atoms with Crippen molar-refractivity contribution in [1.82, 2.24) is 5.32 Å². The Morgan fingerprint density at radius 1 is 0.944 bits per heavy atom. The van der Waals surface area contributed by atoms with Gasteiger partial charge in [0.05, 0.1) is 0 Å². The second-order valence-electron chi connectivity index (χ2n) is 4.62. The molecule has 0 aliphatic rings. The molecule has 0 saturated carbocycles. The molecule has 1 nitrogen and oxygen atoms in total. The van der Waals surface area contributed by atoms with Crippen LogP contribution in [0.5, 0.6) is 0 Å². The fraction of sp³-hybridized carbons (Fsp3) is 0.250. The highest BCUT2D eigenvalue weighted by atomic mass is 79.9. The Balaban J connectivity index is 1.95. The van der Waals surface area contributed by atoms with Gasteiger partial charge in [-0.15, -0.1) is 0 Å². The van der Waals surface area contributed by atoms with Crippen LogP contribution in [0.4, 0.5) is 0 Å². The minimum absolute atomic E-state index is 0.884. The first-order valence-electron chi connectivity index (χ1n) is 6.17. The molecule has 1 N–H and O–H groups in total. The normalized spacial score (nSPS) is 10.6. The summed E-state index contributed by atoms with van der Waals surface area (Å²) in [6, 6.07) is 14.9. The van der Waals surface area contributed by atoms with E-state index >= 15 is 0 Å². The van der Waals surface area contributed by atoms with E-state index in [4.69, 9.17) is 0 Å². The summed E-state index contributed by atoms with van der Waals surface area (Å²) in [4.78, 5) is 0. The van der Waals surface area contributed by atoms with Gasteiger partial charge >= 0.3 is 0 Å². The standard InChI is InChI=1S/C16H18BrN/c1-12-7-8-14(13(2)9-12)10-18-11-15-5-3-4-6-16(15)17/h3-9,18H,10-11H2,1-2H3. The maximum Gasteiger partial charge on any atom is 0.0220 e. The van der Waals surface area contributed by atoms with Gasteiger partial charge in [-0.2, -0.15) is 0 Å². The SMILES string of the molecule is Cc1ccc(CNCc2ccccc2Br)c(C)c1. The lowest BCUT2D eigenvalue weighted by atomic mass is 10.1. The van der Waals surface area contributed by atoms with Gasteiger partial charge in [-0.3, -0.25) is 0 Å². The first kappa shape index (κ1) is 13.3. The van der Waals surface area contributed by atoms with Gasteiger partial charge in [0.1, 0.15) is 0 Å². The van der Waals surface area contributed by atoms with E-state index in [0.717, 1.165) is 17.6 Å². The van der Waals surface area contributed by atoms with Gasteiger partial charge in [-0.25, -0.2) is 0 Å². The van der Waals surface area contributed by atoms with Crippen molar-refractivity contribution in [3.05, 3.63) is 69.2 Å². The van der Waals surface area contributed by atoms with E-state index in [2.05, 4.69) is 71.5 Å². The van der Waals surface area contributed by atoms with E-state index in [1.807, 2.05) is 6.07 Å². The Kier molecular flexibility index (Phi) is 4.56. The van der Waals surface area contributed by atoms with Crippen LogP contribution in [0.1, 0.15) is 22.3 Å². The average Bonchev–Trinajstić information content (AvgIpc) is 2.34. The number of hydrogen-bond donors (Lipinski definition) is 1. The fourth-order valence-corrected chi connectivity index (χ4v) is 2.44. The van der Waals surface area contributed by atoms with E-state index in [9.17, 15) is 0 Å². The van der Waals surface area contributed by atoms with Crippen molar-refractivity contribution in [3.63, 3.8) is 0 Å². The Morgan fingerprint density at radius 3 is 2.39 bits per heavy atom.